The highest BCUT2D eigenvalue weighted by molar-refractivity contribution is 7.99. The van der Waals surface area contributed by atoms with Crippen LogP contribution in [0, 0.1) is 0 Å². The molecule has 1 saturated heterocycles. The third-order valence-electron chi connectivity index (χ3n) is 3.87. The maximum Gasteiger partial charge on any atom is 0.323 e. The SMILES string of the molecule is O=C(O)CN1CC(c2cccc3ccccc23)SCCC1=O. The molecule has 0 saturated carbocycles. The van der Waals surface area contributed by atoms with Crippen LogP contribution in [0.5, 0.6) is 0 Å². The molecule has 0 spiro atoms. The Morgan fingerprint density at radius 3 is 2.82 bits per heavy atom. The van der Waals surface area contributed by atoms with Gasteiger partial charge in [0.25, 0.3) is 0 Å². The second-order valence-electron chi connectivity index (χ2n) is 5.35. The molecule has 1 fully saturated rings. The zero-order chi connectivity index (χ0) is 15.5. The Morgan fingerprint density at radius 1 is 1.23 bits per heavy atom. The van der Waals surface area contributed by atoms with Crippen molar-refractivity contribution in [1.29, 1.82) is 0 Å². The summed E-state index contributed by atoms with van der Waals surface area (Å²) in [4.78, 5) is 24.5. The molecule has 1 atom stereocenters. The molecular weight excluding hydrogens is 298 g/mol. The number of nitrogens with zero attached hydrogens (tertiary/aromatic N) is 1. The van der Waals surface area contributed by atoms with Gasteiger partial charge in [0.15, 0.2) is 0 Å². The van der Waals surface area contributed by atoms with Crippen molar-refractivity contribution in [2.45, 2.75) is 11.7 Å². The Bertz CT molecular complexity index is 711. The van der Waals surface area contributed by atoms with E-state index in [4.69, 9.17) is 5.11 Å². The number of fused-ring (bicyclic) bond motifs is 1. The molecule has 1 unspecified atom stereocenters. The average molecular weight is 315 g/mol. The van der Waals surface area contributed by atoms with Gasteiger partial charge in [-0.15, -0.1) is 0 Å². The summed E-state index contributed by atoms with van der Waals surface area (Å²) in [5.74, 6) is -0.308. The highest BCUT2D eigenvalue weighted by Crippen LogP contribution is 2.36. The maximum atomic E-state index is 12.0. The molecule has 5 heteroatoms. The Balaban J connectivity index is 1.95. The Morgan fingerprint density at radius 2 is 2.00 bits per heavy atom. The van der Waals surface area contributed by atoms with Crippen LogP contribution in [0.4, 0.5) is 0 Å². The average Bonchev–Trinajstić information content (AvgIpc) is 2.68. The molecular formula is C17H17NO3S. The van der Waals surface area contributed by atoms with Gasteiger partial charge in [-0.1, -0.05) is 42.5 Å². The molecule has 0 radical (unpaired) electrons. The number of rotatable bonds is 3. The first-order valence-electron chi connectivity index (χ1n) is 7.24. The molecule has 1 N–H and O–H groups in total. The molecule has 1 aliphatic heterocycles. The highest BCUT2D eigenvalue weighted by atomic mass is 32.2. The predicted molar refractivity (Wildman–Crippen MR) is 88.0 cm³/mol. The molecule has 2 aromatic carbocycles. The van der Waals surface area contributed by atoms with E-state index in [-0.39, 0.29) is 17.7 Å². The number of aliphatic carboxylic acids is 1. The van der Waals surface area contributed by atoms with E-state index >= 15 is 0 Å². The molecule has 3 rings (SSSR count). The molecule has 0 bridgehead atoms. The van der Waals surface area contributed by atoms with E-state index in [1.165, 1.54) is 21.2 Å². The van der Waals surface area contributed by atoms with E-state index in [1.807, 2.05) is 18.2 Å². The van der Waals surface area contributed by atoms with Gasteiger partial charge in [-0.3, -0.25) is 9.59 Å². The minimum atomic E-state index is -0.961. The van der Waals surface area contributed by atoms with E-state index in [1.54, 1.807) is 11.8 Å². The lowest BCUT2D eigenvalue weighted by Crippen LogP contribution is -2.36. The predicted octanol–water partition coefficient (Wildman–Crippen LogP) is 2.93. The maximum absolute atomic E-state index is 12.0. The molecule has 4 nitrogen and oxygen atoms in total. The minimum Gasteiger partial charge on any atom is -0.480 e. The van der Waals surface area contributed by atoms with Gasteiger partial charge in [0.2, 0.25) is 5.91 Å². The topological polar surface area (TPSA) is 57.6 Å². The number of hydrogen-bond acceptors (Lipinski definition) is 3. The second-order valence-corrected chi connectivity index (χ2v) is 6.66. The van der Waals surface area contributed by atoms with Crippen molar-refractivity contribution in [3.63, 3.8) is 0 Å². The first-order chi connectivity index (χ1) is 10.6. The van der Waals surface area contributed by atoms with Crippen molar-refractivity contribution in [2.24, 2.45) is 0 Å². The lowest BCUT2D eigenvalue weighted by atomic mass is 10.0. The van der Waals surface area contributed by atoms with Crippen molar-refractivity contribution < 1.29 is 14.7 Å². The first kappa shape index (κ1) is 14.9. The molecule has 1 amide bonds. The van der Waals surface area contributed by atoms with E-state index in [2.05, 4.69) is 24.3 Å². The lowest BCUT2D eigenvalue weighted by Gasteiger charge is -2.23. The number of carbonyl (C=O) groups is 2. The molecule has 114 valence electrons. The minimum absolute atomic E-state index is 0.0716. The van der Waals surface area contributed by atoms with Gasteiger partial charge in [-0.25, -0.2) is 0 Å². The Kier molecular flexibility index (Phi) is 4.34. The second kappa shape index (κ2) is 6.40. The largest absolute Gasteiger partial charge is 0.480 e. The van der Waals surface area contributed by atoms with Crippen molar-refractivity contribution in [1.82, 2.24) is 4.90 Å². The number of hydrogen-bond donors (Lipinski definition) is 1. The zero-order valence-corrected chi connectivity index (χ0v) is 12.9. The van der Waals surface area contributed by atoms with Crippen molar-refractivity contribution in [3.05, 3.63) is 48.0 Å². The first-order valence-corrected chi connectivity index (χ1v) is 8.29. The molecule has 2 aromatic rings. The number of carboxylic acids is 1. The van der Waals surface area contributed by atoms with Crippen molar-refractivity contribution in [2.75, 3.05) is 18.8 Å². The van der Waals surface area contributed by atoms with Gasteiger partial charge in [-0.2, -0.15) is 11.8 Å². The van der Waals surface area contributed by atoms with Crippen LogP contribution in [0.3, 0.4) is 0 Å². The fourth-order valence-electron chi connectivity index (χ4n) is 2.84. The highest BCUT2D eigenvalue weighted by Gasteiger charge is 2.26. The summed E-state index contributed by atoms with van der Waals surface area (Å²) in [5, 5.41) is 11.5. The molecule has 0 aliphatic carbocycles. The van der Waals surface area contributed by atoms with Gasteiger partial charge in [0, 0.05) is 24.0 Å². The van der Waals surface area contributed by atoms with Gasteiger partial charge in [-0.05, 0) is 16.3 Å². The van der Waals surface area contributed by atoms with Crippen LogP contribution in [0.25, 0.3) is 10.8 Å². The zero-order valence-electron chi connectivity index (χ0n) is 12.1. The molecule has 0 aromatic heterocycles. The Labute approximate surface area is 133 Å². The summed E-state index contributed by atoms with van der Waals surface area (Å²) in [6, 6.07) is 14.3. The third kappa shape index (κ3) is 3.09. The quantitative estimate of drug-likeness (QED) is 0.946. The summed E-state index contributed by atoms with van der Waals surface area (Å²) >= 11 is 1.73. The van der Waals surface area contributed by atoms with Crippen LogP contribution in [0.1, 0.15) is 17.2 Å². The summed E-state index contributed by atoms with van der Waals surface area (Å²) < 4.78 is 0. The van der Waals surface area contributed by atoms with E-state index in [0.29, 0.717) is 13.0 Å². The normalized spacial score (nSPS) is 19.2. The number of carbonyl (C=O) groups excluding carboxylic acids is 1. The van der Waals surface area contributed by atoms with Crippen LogP contribution in [-0.4, -0.2) is 40.7 Å². The lowest BCUT2D eigenvalue weighted by molar-refractivity contribution is -0.144. The monoisotopic (exact) mass is 315 g/mol. The number of carboxylic acid groups (broad SMARTS) is 1. The van der Waals surface area contributed by atoms with Crippen LogP contribution >= 0.6 is 11.8 Å². The summed E-state index contributed by atoms with van der Waals surface area (Å²) in [7, 11) is 0. The Hall–Kier alpha value is -2.01. The van der Waals surface area contributed by atoms with E-state index < -0.39 is 5.97 Å². The number of benzene rings is 2. The number of thioether (sulfide) groups is 1. The van der Waals surface area contributed by atoms with Crippen LogP contribution < -0.4 is 0 Å². The van der Waals surface area contributed by atoms with E-state index in [9.17, 15) is 9.59 Å². The molecule has 1 heterocycles. The third-order valence-corrected chi connectivity index (χ3v) is 5.12. The summed E-state index contributed by atoms with van der Waals surface area (Å²) in [5.41, 5.74) is 1.17. The van der Waals surface area contributed by atoms with Gasteiger partial charge < -0.3 is 10.0 Å². The van der Waals surface area contributed by atoms with Crippen LogP contribution in [0.15, 0.2) is 42.5 Å². The van der Waals surface area contributed by atoms with Gasteiger partial charge in [0.05, 0.1) is 0 Å². The smallest absolute Gasteiger partial charge is 0.323 e. The fraction of sp³-hybridized carbons (Fsp3) is 0.294. The van der Waals surface area contributed by atoms with Gasteiger partial charge >= 0.3 is 5.97 Å². The number of amides is 1. The van der Waals surface area contributed by atoms with Crippen molar-refractivity contribution >= 4 is 34.4 Å². The molecule has 1 aliphatic rings. The summed E-state index contributed by atoms with van der Waals surface area (Å²) in [6.45, 7) is 0.227. The standard InChI is InChI=1S/C17H17NO3S/c19-16-8-9-22-15(10-18(16)11-17(20)21)14-7-3-5-12-4-1-2-6-13(12)14/h1-7,15H,8-11H2,(H,20,21). The fourth-order valence-corrected chi connectivity index (χ4v) is 4.08. The van der Waals surface area contributed by atoms with Crippen molar-refractivity contribution in [3.8, 4) is 0 Å². The van der Waals surface area contributed by atoms with Crippen LogP contribution in [-0.2, 0) is 9.59 Å². The summed E-state index contributed by atoms with van der Waals surface area (Å²) in [6.07, 6.45) is 0.402. The van der Waals surface area contributed by atoms with Crippen LogP contribution in [0.2, 0.25) is 0 Å². The van der Waals surface area contributed by atoms with E-state index in [0.717, 1.165) is 5.75 Å². The molecule has 22 heavy (non-hydrogen) atoms. The van der Waals surface area contributed by atoms with Gasteiger partial charge in [0.1, 0.15) is 6.54 Å².